The van der Waals surface area contributed by atoms with Crippen LogP contribution in [-0.2, 0) is 14.4 Å². The van der Waals surface area contributed by atoms with Gasteiger partial charge in [-0.05, 0) is 13.3 Å². The Morgan fingerprint density at radius 2 is 2.07 bits per heavy atom. The number of thioether (sulfide) groups is 2. The molecule has 8 nitrogen and oxygen atoms in total. The average Bonchev–Trinajstić information content (AvgIpc) is 3.20. The Kier molecular flexibility index (Phi) is 7.42. The van der Waals surface area contributed by atoms with Crippen LogP contribution in [-0.4, -0.2) is 93.4 Å². The molecule has 30 heavy (non-hydrogen) atoms. The standard InChI is InChI=1S/C20H31N3O5S2/c1-10-16-15(11(2)24)19(26)23(16)17(20(27)28)18(10)30-13-7-12(21-8-13)9-29-6-5-14(25)22(3)4/h10-13,15-16,21,24H,5-9H2,1-4H3,(H,27,28)/t10-,11-,12+,13+,15-,16?/m1/s1. The molecule has 3 heterocycles. The van der Waals surface area contributed by atoms with E-state index in [2.05, 4.69) is 5.32 Å². The number of aliphatic hydroxyl groups is 1. The van der Waals surface area contributed by atoms with Gasteiger partial charge in [-0.1, -0.05) is 6.92 Å². The van der Waals surface area contributed by atoms with Gasteiger partial charge >= 0.3 is 5.97 Å². The van der Waals surface area contributed by atoms with Gasteiger partial charge < -0.3 is 25.3 Å². The van der Waals surface area contributed by atoms with Crippen LogP contribution in [0.2, 0.25) is 0 Å². The Labute approximate surface area is 185 Å². The van der Waals surface area contributed by atoms with Crippen molar-refractivity contribution in [3.05, 3.63) is 10.6 Å². The lowest BCUT2D eigenvalue weighted by Gasteiger charge is -2.46. The number of aliphatic hydroxyl groups excluding tert-OH is 1. The second-order valence-corrected chi connectivity index (χ2v) is 11.0. The minimum absolute atomic E-state index is 0.0936. The molecule has 0 saturated carbocycles. The fraction of sp³-hybridized carbons (Fsp3) is 0.750. The number of carboxylic acids is 1. The number of amides is 2. The second kappa shape index (κ2) is 9.50. The van der Waals surface area contributed by atoms with Crippen molar-refractivity contribution in [1.29, 1.82) is 0 Å². The van der Waals surface area contributed by atoms with E-state index in [4.69, 9.17) is 0 Å². The van der Waals surface area contributed by atoms with Crippen LogP contribution in [0.1, 0.15) is 26.7 Å². The molecule has 2 amide bonds. The Bertz CT molecular complexity index is 742. The Balaban J connectivity index is 1.55. The number of aliphatic carboxylic acids is 1. The van der Waals surface area contributed by atoms with Gasteiger partial charge in [-0.2, -0.15) is 11.8 Å². The molecule has 2 saturated heterocycles. The summed E-state index contributed by atoms with van der Waals surface area (Å²) in [6.07, 6.45) is 0.667. The minimum Gasteiger partial charge on any atom is -0.477 e. The third kappa shape index (κ3) is 4.51. The molecule has 0 radical (unpaired) electrons. The molecule has 2 fully saturated rings. The largest absolute Gasteiger partial charge is 0.477 e. The van der Waals surface area contributed by atoms with Gasteiger partial charge in [0.15, 0.2) is 0 Å². The van der Waals surface area contributed by atoms with Gasteiger partial charge in [-0.15, -0.1) is 11.8 Å². The summed E-state index contributed by atoms with van der Waals surface area (Å²) in [6.45, 7) is 4.33. The molecule has 0 spiro atoms. The first-order valence-electron chi connectivity index (χ1n) is 10.3. The maximum Gasteiger partial charge on any atom is 0.353 e. The van der Waals surface area contributed by atoms with Gasteiger partial charge in [-0.25, -0.2) is 4.79 Å². The van der Waals surface area contributed by atoms with Gasteiger partial charge in [-0.3, -0.25) is 9.59 Å². The van der Waals surface area contributed by atoms with Crippen LogP contribution in [0.5, 0.6) is 0 Å². The zero-order valence-electron chi connectivity index (χ0n) is 17.8. The molecule has 0 aromatic rings. The van der Waals surface area contributed by atoms with E-state index in [9.17, 15) is 24.6 Å². The highest BCUT2D eigenvalue weighted by Crippen LogP contribution is 2.51. The lowest BCUT2D eigenvalue weighted by Crippen LogP contribution is -2.63. The molecule has 0 aromatic carbocycles. The topological polar surface area (TPSA) is 110 Å². The molecule has 3 rings (SSSR count). The number of fused-ring (bicyclic) bond motifs is 1. The van der Waals surface area contributed by atoms with E-state index in [-0.39, 0.29) is 34.7 Å². The molecule has 0 aromatic heterocycles. The average molecular weight is 458 g/mol. The molecule has 1 unspecified atom stereocenters. The second-order valence-electron chi connectivity index (χ2n) is 8.47. The highest BCUT2D eigenvalue weighted by Gasteiger charge is 2.60. The maximum atomic E-state index is 12.4. The molecule has 168 valence electrons. The molecule has 3 aliphatic rings. The number of rotatable bonds is 9. The zero-order valence-corrected chi connectivity index (χ0v) is 19.5. The summed E-state index contributed by atoms with van der Waals surface area (Å²) < 4.78 is 0. The number of hydrogen-bond donors (Lipinski definition) is 3. The van der Waals surface area contributed by atoms with Crippen LogP contribution in [0, 0.1) is 11.8 Å². The number of nitrogens with one attached hydrogen (secondary N) is 1. The van der Waals surface area contributed by atoms with Crippen molar-refractivity contribution < 1.29 is 24.6 Å². The number of hydrogen-bond acceptors (Lipinski definition) is 7. The molecular formula is C20H31N3O5S2. The summed E-state index contributed by atoms with van der Waals surface area (Å²) in [5.74, 6) is -0.151. The Morgan fingerprint density at radius 3 is 2.67 bits per heavy atom. The summed E-state index contributed by atoms with van der Waals surface area (Å²) >= 11 is 3.32. The first kappa shape index (κ1) is 23.4. The molecular weight excluding hydrogens is 426 g/mol. The van der Waals surface area contributed by atoms with E-state index in [1.165, 1.54) is 4.90 Å². The van der Waals surface area contributed by atoms with Crippen molar-refractivity contribution in [2.75, 3.05) is 32.1 Å². The van der Waals surface area contributed by atoms with Crippen molar-refractivity contribution in [2.24, 2.45) is 11.8 Å². The first-order chi connectivity index (χ1) is 14.1. The molecule has 3 aliphatic heterocycles. The molecule has 3 N–H and O–H groups in total. The van der Waals surface area contributed by atoms with Crippen molar-refractivity contribution >= 4 is 41.3 Å². The number of carbonyl (C=O) groups excluding carboxylic acids is 2. The Hall–Kier alpha value is -1.23. The van der Waals surface area contributed by atoms with Gasteiger partial charge in [0, 0.05) is 60.7 Å². The predicted octanol–water partition coefficient (Wildman–Crippen LogP) is 0.815. The highest BCUT2D eigenvalue weighted by atomic mass is 32.2. The normalized spacial score (nSPS) is 31.6. The SMILES string of the molecule is C[C@H]1C(S[C@@H]2CN[C@H](CSCCC(=O)N(C)C)C2)=C(C(=O)O)N2C(=O)[C@H]([C@@H](C)O)C12. The van der Waals surface area contributed by atoms with Crippen LogP contribution < -0.4 is 5.32 Å². The van der Waals surface area contributed by atoms with Gasteiger partial charge in [0.2, 0.25) is 11.8 Å². The smallest absolute Gasteiger partial charge is 0.353 e. The quantitative estimate of drug-likeness (QED) is 0.345. The van der Waals surface area contributed by atoms with Crippen molar-refractivity contribution in [3.63, 3.8) is 0 Å². The van der Waals surface area contributed by atoms with Crippen LogP contribution in [0.25, 0.3) is 0 Å². The summed E-state index contributed by atoms with van der Waals surface area (Å²) in [4.78, 5) is 39.7. The third-order valence-electron chi connectivity index (χ3n) is 6.06. The van der Waals surface area contributed by atoms with Crippen molar-refractivity contribution in [3.8, 4) is 0 Å². The monoisotopic (exact) mass is 457 g/mol. The van der Waals surface area contributed by atoms with Gasteiger partial charge in [0.05, 0.1) is 18.1 Å². The molecule has 0 aliphatic carbocycles. The molecule has 10 heteroatoms. The fourth-order valence-electron chi connectivity index (χ4n) is 4.47. The summed E-state index contributed by atoms with van der Waals surface area (Å²) in [5.41, 5.74) is 0.0967. The van der Waals surface area contributed by atoms with E-state index in [1.54, 1.807) is 49.4 Å². The van der Waals surface area contributed by atoms with Crippen LogP contribution >= 0.6 is 23.5 Å². The van der Waals surface area contributed by atoms with Crippen LogP contribution in [0.4, 0.5) is 0 Å². The summed E-state index contributed by atoms with van der Waals surface area (Å²) in [5, 5.41) is 23.4. The van der Waals surface area contributed by atoms with Crippen molar-refractivity contribution in [2.45, 2.75) is 50.1 Å². The number of carbonyl (C=O) groups is 3. The van der Waals surface area contributed by atoms with Crippen LogP contribution in [0.3, 0.4) is 0 Å². The molecule has 6 atom stereocenters. The summed E-state index contributed by atoms with van der Waals surface area (Å²) in [6, 6.07) is 0.0671. The van der Waals surface area contributed by atoms with Crippen LogP contribution in [0.15, 0.2) is 10.6 Å². The number of nitrogens with zero attached hydrogens (tertiary/aromatic N) is 2. The maximum absolute atomic E-state index is 12.4. The van der Waals surface area contributed by atoms with Crippen molar-refractivity contribution in [1.82, 2.24) is 15.1 Å². The Morgan fingerprint density at radius 1 is 1.37 bits per heavy atom. The van der Waals surface area contributed by atoms with Gasteiger partial charge in [0.25, 0.3) is 0 Å². The molecule has 0 bridgehead atoms. The summed E-state index contributed by atoms with van der Waals surface area (Å²) in [7, 11) is 3.52. The number of carboxylic acid groups (broad SMARTS) is 1. The number of β-lactam (4-membered cyclic amide) rings is 1. The van der Waals surface area contributed by atoms with E-state index >= 15 is 0 Å². The predicted molar refractivity (Wildman–Crippen MR) is 118 cm³/mol. The first-order valence-corrected chi connectivity index (χ1v) is 12.3. The third-order valence-corrected chi connectivity index (χ3v) is 8.71. The lowest BCUT2D eigenvalue weighted by atomic mass is 9.79. The zero-order chi connectivity index (χ0) is 22.2. The highest BCUT2D eigenvalue weighted by molar-refractivity contribution is 8.03. The minimum atomic E-state index is -1.08. The van der Waals surface area contributed by atoms with Gasteiger partial charge in [0.1, 0.15) is 5.70 Å². The lowest BCUT2D eigenvalue weighted by molar-refractivity contribution is -0.163. The van der Waals surface area contributed by atoms with E-state index in [1.807, 2.05) is 6.92 Å². The van der Waals surface area contributed by atoms with E-state index in [0.29, 0.717) is 12.5 Å². The fourth-order valence-corrected chi connectivity index (χ4v) is 7.01. The van der Waals surface area contributed by atoms with E-state index in [0.717, 1.165) is 29.4 Å². The van der Waals surface area contributed by atoms with E-state index < -0.39 is 18.0 Å².